The molecule has 11 nitrogen and oxygen atoms in total. The zero-order valence-corrected chi connectivity index (χ0v) is 19.1. The molecule has 3 aromatic rings. The minimum Gasteiger partial charge on any atom is -0.367 e. The van der Waals surface area contributed by atoms with Gasteiger partial charge in [0.2, 0.25) is 5.91 Å². The van der Waals surface area contributed by atoms with Gasteiger partial charge in [0, 0.05) is 36.8 Å². The smallest absolute Gasteiger partial charge is 0.240 e. The topological polar surface area (TPSA) is 159 Å². The van der Waals surface area contributed by atoms with Crippen LogP contribution < -0.4 is 21.3 Å². The van der Waals surface area contributed by atoms with E-state index in [2.05, 4.69) is 26.8 Å². The summed E-state index contributed by atoms with van der Waals surface area (Å²) < 4.78 is 25.6. The van der Waals surface area contributed by atoms with Crippen molar-refractivity contribution in [2.24, 2.45) is 5.73 Å². The summed E-state index contributed by atoms with van der Waals surface area (Å²) in [6.45, 7) is -0.192. The molecule has 0 saturated heterocycles. The Morgan fingerprint density at radius 2 is 2.12 bits per heavy atom. The molecular weight excluding hydrogens is 444 g/mol. The number of likely N-dealkylation sites (N-methyl/N-ethyl adjacent to an activating group) is 1. The number of carbonyl (C=O) groups is 1. The molecule has 1 saturated carbocycles. The molecule has 0 radical (unpaired) electrons. The fraction of sp³-hybridized carbons (Fsp3) is 0.333. The van der Waals surface area contributed by atoms with Crippen LogP contribution in [0.15, 0.2) is 30.5 Å². The van der Waals surface area contributed by atoms with Gasteiger partial charge in [-0.05, 0) is 36.6 Å². The lowest BCUT2D eigenvalue weighted by Gasteiger charge is -2.21. The minimum atomic E-state index is -3.37. The highest BCUT2D eigenvalue weighted by atomic mass is 32.2. The van der Waals surface area contributed by atoms with Crippen molar-refractivity contribution in [1.29, 1.82) is 5.26 Å². The minimum absolute atomic E-state index is 0.192. The molecule has 0 unspecified atom stereocenters. The van der Waals surface area contributed by atoms with Crippen molar-refractivity contribution in [3.63, 3.8) is 0 Å². The molecule has 172 valence electrons. The van der Waals surface area contributed by atoms with Crippen molar-refractivity contribution in [3.8, 4) is 6.07 Å². The van der Waals surface area contributed by atoms with Crippen molar-refractivity contribution in [2.75, 3.05) is 35.4 Å². The van der Waals surface area contributed by atoms with Gasteiger partial charge in [-0.15, -0.1) is 0 Å². The lowest BCUT2D eigenvalue weighted by Crippen LogP contribution is -2.33. The number of amides is 1. The maximum atomic E-state index is 12.1. The number of hydrogen-bond acceptors (Lipinski definition) is 9. The van der Waals surface area contributed by atoms with Crippen LogP contribution in [0.2, 0.25) is 0 Å². The Kier molecular flexibility index (Phi) is 5.92. The summed E-state index contributed by atoms with van der Waals surface area (Å²) in [5.74, 6) is 0.584. The molecule has 2 heterocycles. The summed E-state index contributed by atoms with van der Waals surface area (Å²) in [5, 5.41) is 20.2. The number of carbonyl (C=O) groups excluding carboxylic acids is 1. The number of fused-ring (bicyclic) bond motifs is 1. The fourth-order valence-corrected chi connectivity index (χ4v) is 4.25. The Labute approximate surface area is 191 Å². The predicted octanol–water partition coefficient (Wildman–Crippen LogP) is 1.38. The quantitative estimate of drug-likeness (QED) is 0.444. The molecule has 1 fully saturated rings. The van der Waals surface area contributed by atoms with Gasteiger partial charge < -0.3 is 21.3 Å². The molecule has 0 spiro atoms. The first-order chi connectivity index (χ1) is 15.7. The largest absolute Gasteiger partial charge is 0.367 e. The van der Waals surface area contributed by atoms with E-state index in [1.54, 1.807) is 35.8 Å². The second kappa shape index (κ2) is 8.68. The number of anilines is 4. The average molecular weight is 469 g/mol. The number of sulfone groups is 1. The molecule has 4 rings (SSSR count). The molecule has 12 heteroatoms. The van der Waals surface area contributed by atoms with Gasteiger partial charge in [0.15, 0.2) is 15.5 Å². The number of nitrogens with one attached hydrogen (secondary N) is 2. The Morgan fingerprint density at radius 3 is 2.76 bits per heavy atom. The summed E-state index contributed by atoms with van der Waals surface area (Å²) in [4.78, 5) is 17.9. The molecule has 0 aliphatic heterocycles. The summed E-state index contributed by atoms with van der Waals surface area (Å²) in [7, 11) is -1.82. The SMILES string of the molecule is CN(C(=O)CN)c1ccc(Nc2cc(NC3CC3)n3ncc(C#N)c3n2)cc1CS(C)(=O)=O. The standard InChI is InChI=1S/C21H24N8O3S/c1-28(20(30)10-23)17-6-5-16(7-13(17)12-33(2,31)32)25-18-8-19(26-15-3-4-15)29-21(27-18)14(9-22)11-24-29/h5-8,11,15,26H,3-4,10,12,23H2,1-2H3,(H,25,27). The third kappa shape index (κ3) is 5.05. The van der Waals surface area contributed by atoms with Crippen LogP contribution >= 0.6 is 0 Å². The summed E-state index contributed by atoms with van der Waals surface area (Å²) in [5.41, 5.74) is 7.71. The highest BCUT2D eigenvalue weighted by molar-refractivity contribution is 7.89. The van der Waals surface area contributed by atoms with Crippen molar-refractivity contribution < 1.29 is 13.2 Å². The number of benzene rings is 1. The number of nitrogens with zero attached hydrogens (tertiary/aromatic N) is 5. The number of hydrogen-bond donors (Lipinski definition) is 3. The van der Waals surface area contributed by atoms with Gasteiger partial charge in [0.1, 0.15) is 23.3 Å². The fourth-order valence-electron chi connectivity index (χ4n) is 3.45. The monoisotopic (exact) mass is 468 g/mol. The van der Waals surface area contributed by atoms with Gasteiger partial charge in [-0.1, -0.05) is 0 Å². The normalized spacial score (nSPS) is 13.5. The van der Waals surface area contributed by atoms with E-state index in [0.717, 1.165) is 19.1 Å². The number of nitrogens with two attached hydrogens (primary N) is 1. The van der Waals surface area contributed by atoms with Gasteiger partial charge >= 0.3 is 0 Å². The highest BCUT2D eigenvalue weighted by Crippen LogP contribution is 2.30. The molecule has 1 aliphatic carbocycles. The van der Waals surface area contributed by atoms with Gasteiger partial charge in [0.05, 0.1) is 18.5 Å². The summed E-state index contributed by atoms with van der Waals surface area (Å²) in [6.07, 6.45) is 4.72. The number of nitriles is 1. The van der Waals surface area contributed by atoms with Gasteiger partial charge in [-0.2, -0.15) is 14.9 Å². The van der Waals surface area contributed by atoms with Crippen LogP contribution in [0.3, 0.4) is 0 Å². The third-order valence-corrected chi connectivity index (χ3v) is 6.04. The van der Waals surface area contributed by atoms with E-state index in [4.69, 9.17) is 5.73 Å². The first kappa shape index (κ1) is 22.5. The first-order valence-corrected chi connectivity index (χ1v) is 12.3. The Hall–Kier alpha value is -3.69. The van der Waals surface area contributed by atoms with E-state index >= 15 is 0 Å². The zero-order chi connectivity index (χ0) is 23.8. The van der Waals surface area contributed by atoms with Crippen LogP contribution in [0.4, 0.5) is 23.0 Å². The van der Waals surface area contributed by atoms with Crippen LogP contribution in [0.1, 0.15) is 24.0 Å². The molecule has 4 N–H and O–H groups in total. The van der Waals surface area contributed by atoms with Gasteiger partial charge in [-0.3, -0.25) is 4.79 Å². The maximum absolute atomic E-state index is 12.1. The lowest BCUT2D eigenvalue weighted by atomic mass is 10.1. The van der Waals surface area contributed by atoms with Crippen LogP contribution in [-0.2, 0) is 20.4 Å². The van der Waals surface area contributed by atoms with Crippen LogP contribution in [0.25, 0.3) is 5.65 Å². The van der Waals surface area contributed by atoms with Gasteiger partial charge in [0.25, 0.3) is 0 Å². The van der Waals surface area contributed by atoms with E-state index in [1.165, 1.54) is 11.1 Å². The van der Waals surface area contributed by atoms with Crippen molar-refractivity contribution in [3.05, 3.63) is 41.6 Å². The van der Waals surface area contributed by atoms with E-state index in [9.17, 15) is 18.5 Å². The Morgan fingerprint density at radius 1 is 1.36 bits per heavy atom. The second-order valence-electron chi connectivity index (χ2n) is 8.05. The van der Waals surface area contributed by atoms with Gasteiger partial charge in [-0.25, -0.2) is 13.4 Å². The molecule has 1 amide bonds. The van der Waals surface area contributed by atoms with E-state index in [0.29, 0.717) is 45.8 Å². The molecule has 1 aliphatic rings. The summed E-state index contributed by atoms with van der Waals surface area (Å²) in [6, 6.07) is 9.29. The number of rotatable bonds is 8. The van der Waals surface area contributed by atoms with Crippen molar-refractivity contribution >= 4 is 44.4 Å². The van der Waals surface area contributed by atoms with E-state index < -0.39 is 9.84 Å². The molecule has 1 aromatic carbocycles. The first-order valence-electron chi connectivity index (χ1n) is 10.3. The average Bonchev–Trinajstić information content (AvgIpc) is 3.48. The summed E-state index contributed by atoms with van der Waals surface area (Å²) >= 11 is 0. The molecule has 33 heavy (non-hydrogen) atoms. The highest BCUT2D eigenvalue weighted by Gasteiger charge is 2.23. The predicted molar refractivity (Wildman–Crippen MR) is 125 cm³/mol. The molecule has 2 aromatic heterocycles. The van der Waals surface area contributed by atoms with Crippen LogP contribution in [-0.4, -0.2) is 54.8 Å². The van der Waals surface area contributed by atoms with E-state index in [-0.39, 0.29) is 18.2 Å². The zero-order valence-electron chi connectivity index (χ0n) is 18.2. The molecule has 0 atom stereocenters. The van der Waals surface area contributed by atoms with Crippen LogP contribution in [0, 0.1) is 11.3 Å². The second-order valence-corrected chi connectivity index (χ2v) is 10.2. The maximum Gasteiger partial charge on any atom is 0.240 e. The van der Waals surface area contributed by atoms with Crippen molar-refractivity contribution in [2.45, 2.75) is 24.6 Å². The molecule has 0 bridgehead atoms. The molecular formula is C21H24N8O3S. The Bertz CT molecular complexity index is 1370. The lowest BCUT2D eigenvalue weighted by molar-refractivity contribution is -0.117. The third-order valence-electron chi connectivity index (χ3n) is 5.20. The van der Waals surface area contributed by atoms with Crippen molar-refractivity contribution in [1.82, 2.24) is 14.6 Å². The number of aromatic nitrogens is 3. The Balaban J connectivity index is 1.73. The van der Waals surface area contributed by atoms with Crippen LogP contribution in [0.5, 0.6) is 0 Å². The van der Waals surface area contributed by atoms with E-state index in [1.807, 2.05) is 0 Å².